The van der Waals surface area contributed by atoms with Gasteiger partial charge in [0.05, 0.1) is 12.6 Å². The normalized spacial score (nSPS) is 16.0. The Morgan fingerprint density at radius 2 is 1.75 bits per heavy atom. The Morgan fingerprint density at radius 1 is 1.05 bits per heavy atom. The quantitative estimate of drug-likeness (QED) is 0.203. The number of tetrazole rings is 1. The topological polar surface area (TPSA) is 136 Å². The number of fused-ring (bicyclic) bond motifs is 1. The molecule has 0 radical (unpaired) electrons. The molecule has 0 spiro atoms. The molecule has 0 unspecified atom stereocenters. The average Bonchev–Trinajstić information content (AvgIpc) is 3.52. The van der Waals surface area contributed by atoms with Crippen molar-refractivity contribution in [3.05, 3.63) is 83.9 Å². The lowest BCUT2D eigenvalue weighted by atomic mass is 9.98. The molecule has 10 nitrogen and oxygen atoms in total. The molecule has 0 fully saturated rings. The second kappa shape index (κ2) is 13.5. The molecule has 44 heavy (non-hydrogen) atoms. The van der Waals surface area contributed by atoms with E-state index in [9.17, 15) is 14.7 Å². The number of aliphatic hydroxyl groups excluding tert-OH is 1. The number of benzene rings is 3. The molecule has 1 aromatic heterocycles. The Kier molecular flexibility index (Phi) is 9.51. The molecule has 3 aromatic carbocycles. The van der Waals surface area contributed by atoms with Gasteiger partial charge in [-0.2, -0.15) is 5.21 Å². The molecular weight excluding hydrogens is 554 g/mol. The van der Waals surface area contributed by atoms with Crippen LogP contribution in [-0.4, -0.2) is 61.8 Å². The summed E-state index contributed by atoms with van der Waals surface area (Å²) in [6.07, 6.45) is 0.879. The predicted octanol–water partition coefficient (Wildman–Crippen LogP) is 4.27. The van der Waals surface area contributed by atoms with E-state index < -0.39 is 17.7 Å². The van der Waals surface area contributed by atoms with Gasteiger partial charge in [0.2, 0.25) is 17.6 Å². The van der Waals surface area contributed by atoms with Crippen LogP contribution in [0, 0.1) is 5.92 Å². The van der Waals surface area contributed by atoms with Gasteiger partial charge in [-0.05, 0) is 66.1 Å². The van der Waals surface area contributed by atoms with Crippen molar-refractivity contribution in [1.82, 2.24) is 31.3 Å². The summed E-state index contributed by atoms with van der Waals surface area (Å²) in [6.45, 7) is 8.54. The molecular formula is C34H41N7O3. The summed E-state index contributed by atoms with van der Waals surface area (Å²) in [5, 5.41) is 31.0. The Morgan fingerprint density at radius 3 is 2.45 bits per heavy atom. The van der Waals surface area contributed by atoms with Crippen LogP contribution in [0.15, 0.2) is 72.8 Å². The number of nitrogens with one attached hydrogen (secondary N) is 3. The van der Waals surface area contributed by atoms with E-state index in [0.717, 1.165) is 33.5 Å². The van der Waals surface area contributed by atoms with Crippen LogP contribution in [0.5, 0.6) is 0 Å². The van der Waals surface area contributed by atoms with Crippen LogP contribution >= 0.6 is 0 Å². The number of H-pyrrole nitrogens is 1. The van der Waals surface area contributed by atoms with Gasteiger partial charge in [-0.15, -0.1) is 10.2 Å². The number of anilines is 1. The monoisotopic (exact) mass is 595 g/mol. The van der Waals surface area contributed by atoms with Crippen LogP contribution in [0.4, 0.5) is 5.69 Å². The Bertz CT molecular complexity index is 1570. The first-order chi connectivity index (χ1) is 21.1. The third kappa shape index (κ3) is 7.38. The smallest absolute Gasteiger partial charge is 0.249 e. The lowest BCUT2D eigenvalue weighted by Crippen LogP contribution is -2.51. The standard InChI is InChI=1S/C34H41N7O3/c1-22(2)30(42)20-35-34(3,4)19-31(43)36-28-18-17-25-9-5-8-12-29(25)41(33(28)44)21-23-13-15-24(16-14-23)26-10-6-7-11-27(26)32-37-39-40-38-32/h5-16,22,28,30,35,42H,17-21H2,1-4H3,(H,36,43)(H,37,38,39,40)/t28-,30+/m1/s1. The van der Waals surface area contributed by atoms with Crippen molar-refractivity contribution < 1.29 is 14.7 Å². The van der Waals surface area contributed by atoms with Crippen LogP contribution in [0.1, 0.15) is 51.7 Å². The molecule has 230 valence electrons. The SMILES string of the molecule is CC(C)[C@@H](O)CNC(C)(C)CC(=O)N[C@@H]1CCc2ccccc2N(Cc2ccc(-c3ccccc3-c3nn[nH]n3)cc2)C1=O. The van der Waals surface area contributed by atoms with Gasteiger partial charge in [-0.3, -0.25) is 9.59 Å². The van der Waals surface area contributed by atoms with Crippen molar-refractivity contribution in [2.45, 2.75) is 71.2 Å². The highest BCUT2D eigenvalue weighted by Crippen LogP contribution is 2.32. The van der Waals surface area contributed by atoms with Crippen molar-refractivity contribution in [1.29, 1.82) is 0 Å². The maximum atomic E-state index is 14.0. The Hall–Kier alpha value is -4.41. The van der Waals surface area contributed by atoms with E-state index in [1.54, 1.807) is 4.90 Å². The Balaban J connectivity index is 1.32. The van der Waals surface area contributed by atoms with Crippen molar-refractivity contribution >= 4 is 17.5 Å². The number of aryl methyl sites for hydroxylation is 1. The molecule has 1 aliphatic heterocycles. The van der Waals surface area contributed by atoms with Crippen molar-refractivity contribution in [3.63, 3.8) is 0 Å². The van der Waals surface area contributed by atoms with Gasteiger partial charge >= 0.3 is 0 Å². The molecule has 4 aromatic rings. The minimum atomic E-state index is -0.645. The number of aromatic nitrogens is 4. The number of hydrogen-bond acceptors (Lipinski definition) is 7. The molecule has 4 N–H and O–H groups in total. The third-order valence-electron chi connectivity index (χ3n) is 8.16. The number of para-hydroxylation sites is 1. The van der Waals surface area contributed by atoms with Gasteiger partial charge in [0.25, 0.3) is 0 Å². The molecule has 2 heterocycles. The van der Waals surface area contributed by atoms with Crippen LogP contribution in [0.3, 0.4) is 0 Å². The highest BCUT2D eigenvalue weighted by atomic mass is 16.3. The number of carbonyl (C=O) groups excluding carboxylic acids is 2. The van der Waals surface area contributed by atoms with Crippen LogP contribution in [0.2, 0.25) is 0 Å². The second-order valence-corrected chi connectivity index (χ2v) is 12.4. The Labute approximate surface area is 258 Å². The molecule has 5 rings (SSSR count). The number of amides is 2. The highest BCUT2D eigenvalue weighted by Gasteiger charge is 2.33. The van der Waals surface area contributed by atoms with Crippen molar-refractivity contribution in [2.24, 2.45) is 5.92 Å². The van der Waals surface area contributed by atoms with Crippen LogP contribution in [0.25, 0.3) is 22.5 Å². The lowest BCUT2D eigenvalue weighted by molar-refractivity contribution is -0.128. The van der Waals surface area contributed by atoms with Gasteiger partial charge in [-0.1, -0.05) is 80.6 Å². The fraction of sp³-hybridized carbons (Fsp3) is 0.382. The zero-order chi connectivity index (χ0) is 31.3. The molecule has 0 aliphatic carbocycles. The minimum Gasteiger partial charge on any atom is -0.392 e. The van der Waals surface area contributed by atoms with Gasteiger partial charge in [0.1, 0.15) is 6.04 Å². The maximum absolute atomic E-state index is 14.0. The summed E-state index contributed by atoms with van der Waals surface area (Å²) in [6, 6.07) is 23.3. The largest absolute Gasteiger partial charge is 0.392 e. The van der Waals surface area contributed by atoms with E-state index in [1.165, 1.54) is 0 Å². The molecule has 10 heteroatoms. The van der Waals surface area contributed by atoms with Gasteiger partial charge in [0, 0.05) is 29.8 Å². The number of β-amino-alcohol motifs (C(OH)–C–C–N with tert-alkyl or cyclic N) is 1. The maximum Gasteiger partial charge on any atom is 0.249 e. The molecule has 0 bridgehead atoms. The number of rotatable bonds is 11. The van der Waals surface area contributed by atoms with Crippen molar-refractivity contribution in [3.8, 4) is 22.5 Å². The van der Waals surface area contributed by atoms with E-state index in [-0.39, 0.29) is 24.2 Å². The first kappa shape index (κ1) is 31.0. The van der Waals surface area contributed by atoms with Gasteiger partial charge < -0.3 is 20.6 Å². The molecule has 2 atom stereocenters. The summed E-state index contributed by atoms with van der Waals surface area (Å²) in [7, 11) is 0. The molecule has 2 amide bonds. The van der Waals surface area contributed by atoms with E-state index in [1.807, 2.05) is 100 Å². The average molecular weight is 596 g/mol. The number of aliphatic hydroxyl groups is 1. The molecule has 0 saturated carbocycles. The van der Waals surface area contributed by atoms with Gasteiger partial charge in [-0.25, -0.2) is 0 Å². The predicted molar refractivity (Wildman–Crippen MR) is 170 cm³/mol. The van der Waals surface area contributed by atoms with Gasteiger partial charge in [0.15, 0.2) is 0 Å². The number of hydrogen-bond donors (Lipinski definition) is 4. The van der Waals surface area contributed by atoms with E-state index >= 15 is 0 Å². The fourth-order valence-electron chi connectivity index (χ4n) is 5.52. The van der Waals surface area contributed by atoms with Crippen LogP contribution < -0.4 is 15.5 Å². The minimum absolute atomic E-state index is 0.118. The highest BCUT2D eigenvalue weighted by molar-refractivity contribution is 6.00. The summed E-state index contributed by atoms with van der Waals surface area (Å²) in [5.41, 5.74) is 5.22. The number of nitrogens with zero attached hydrogens (tertiary/aromatic N) is 4. The van der Waals surface area contributed by atoms with Crippen molar-refractivity contribution in [2.75, 3.05) is 11.4 Å². The first-order valence-electron chi connectivity index (χ1n) is 15.2. The third-order valence-corrected chi connectivity index (χ3v) is 8.16. The molecule has 1 aliphatic rings. The van der Waals surface area contributed by atoms with E-state index in [0.29, 0.717) is 31.8 Å². The molecule has 0 saturated heterocycles. The fourth-order valence-corrected chi connectivity index (χ4v) is 5.52. The number of carbonyl (C=O) groups is 2. The zero-order valence-electron chi connectivity index (χ0n) is 25.7. The second-order valence-electron chi connectivity index (χ2n) is 12.4. The summed E-state index contributed by atoms with van der Waals surface area (Å²) < 4.78 is 0. The lowest BCUT2D eigenvalue weighted by Gasteiger charge is -2.30. The van der Waals surface area contributed by atoms with E-state index in [4.69, 9.17) is 0 Å². The van der Waals surface area contributed by atoms with E-state index in [2.05, 4.69) is 31.3 Å². The summed E-state index contributed by atoms with van der Waals surface area (Å²) in [5.74, 6) is 0.315. The number of aromatic amines is 1. The van der Waals surface area contributed by atoms with Crippen LogP contribution in [-0.2, 0) is 22.6 Å². The summed E-state index contributed by atoms with van der Waals surface area (Å²) >= 11 is 0. The summed E-state index contributed by atoms with van der Waals surface area (Å²) in [4.78, 5) is 29.0. The first-order valence-corrected chi connectivity index (χ1v) is 15.2. The zero-order valence-corrected chi connectivity index (χ0v) is 25.7.